The summed E-state index contributed by atoms with van der Waals surface area (Å²) in [7, 11) is 0. The smallest absolute Gasteiger partial charge is 0.256 e. The van der Waals surface area contributed by atoms with Gasteiger partial charge in [-0.15, -0.1) is 0 Å². The van der Waals surface area contributed by atoms with E-state index in [1.807, 2.05) is 24.3 Å². The molecule has 216 valence electrons. The van der Waals surface area contributed by atoms with E-state index in [0.29, 0.717) is 0 Å². The van der Waals surface area contributed by atoms with Crippen LogP contribution in [-0.4, -0.2) is 5.91 Å². The third kappa shape index (κ3) is 3.81. The average Bonchev–Trinajstić information content (AvgIpc) is 2.94. The van der Waals surface area contributed by atoms with Gasteiger partial charge in [0, 0.05) is 16.5 Å². The second kappa shape index (κ2) is 8.92. The zero-order chi connectivity index (χ0) is 30.5. The first-order valence-corrected chi connectivity index (χ1v) is 15.5. The first-order valence-electron chi connectivity index (χ1n) is 15.5. The minimum Gasteiger partial charge on any atom is -0.321 e. The van der Waals surface area contributed by atoms with Gasteiger partial charge < -0.3 is 5.32 Å². The Labute approximate surface area is 256 Å². The van der Waals surface area contributed by atoms with Crippen molar-refractivity contribution < 1.29 is 4.79 Å². The van der Waals surface area contributed by atoms with Gasteiger partial charge in [0.2, 0.25) is 0 Å². The minimum atomic E-state index is -0.338. The fourth-order valence-electron chi connectivity index (χ4n) is 7.73. The average molecular weight is 564 g/mol. The molecule has 0 fully saturated rings. The highest BCUT2D eigenvalue weighted by molar-refractivity contribution is 6.18. The van der Waals surface area contributed by atoms with Crippen LogP contribution in [0.1, 0.15) is 65.7 Å². The van der Waals surface area contributed by atoms with Gasteiger partial charge in [-0.2, -0.15) is 0 Å². The van der Waals surface area contributed by atoms with E-state index >= 15 is 0 Å². The van der Waals surface area contributed by atoms with E-state index in [0.717, 1.165) is 38.4 Å². The molecule has 4 aliphatic rings. The summed E-state index contributed by atoms with van der Waals surface area (Å²) in [4.78, 5) is 14.6. The monoisotopic (exact) mass is 563 g/mol. The molecule has 4 aliphatic carbocycles. The molecule has 0 heterocycles. The number of allylic oxidation sites excluding steroid dienone is 13. The standard InChI is InChI=1S/C41H41NO/c1-38(2,3)30-22-27-17-18-29-24-34(39(4,5)6)36(33-20-19-28(23-30)40(27,7)41(29,33)8)42-37(43)35-31-15-11-9-13-25(31)21-26-14-10-12-16-32(26)35/h9-24H,1-8H3,(H,42,43)/t40-,41+/m0/s1. The van der Waals surface area contributed by atoms with Gasteiger partial charge in [0.05, 0.1) is 5.56 Å². The zero-order valence-corrected chi connectivity index (χ0v) is 26.6. The van der Waals surface area contributed by atoms with Crippen molar-refractivity contribution in [3.63, 3.8) is 0 Å². The van der Waals surface area contributed by atoms with Crippen molar-refractivity contribution in [2.75, 3.05) is 0 Å². The fraction of sp³-hybridized carbons (Fsp3) is 0.293. The SMILES string of the molecule is CC(C)(C)C1=CC2=CC=C3C(NC(=O)c4c5ccccc5cc5ccccc45)=C(C(C)(C)C)C=C4C=CC(=C1)[C@]2(C)[C@]43C. The summed E-state index contributed by atoms with van der Waals surface area (Å²) in [5.74, 6) is -0.0632. The maximum absolute atomic E-state index is 14.6. The molecule has 0 radical (unpaired) electrons. The molecule has 0 saturated carbocycles. The van der Waals surface area contributed by atoms with Crippen LogP contribution in [0.4, 0.5) is 0 Å². The zero-order valence-electron chi connectivity index (χ0n) is 26.6. The van der Waals surface area contributed by atoms with E-state index < -0.39 is 0 Å². The van der Waals surface area contributed by atoms with Gasteiger partial charge in [-0.05, 0) is 71.9 Å². The van der Waals surface area contributed by atoms with Crippen LogP contribution in [0.3, 0.4) is 0 Å². The van der Waals surface area contributed by atoms with E-state index in [1.165, 1.54) is 27.9 Å². The van der Waals surface area contributed by atoms with Crippen LogP contribution in [0.5, 0.6) is 0 Å². The molecule has 0 spiro atoms. The Balaban J connectivity index is 1.46. The number of carbonyl (C=O) groups excluding carboxylic acids is 1. The van der Waals surface area contributed by atoms with Crippen LogP contribution in [0.2, 0.25) is 0 Å². The van der Waals surface area contributed by atoms with Crippen molar-refractivity contribution >= 4 is 27.5 Å². The van der Waals surface area contributed by atoms with Crippen molar-refractivity contribution in [3.05, 3.63) is 142 Å². The molecule has 1 amide bonds. The van der Waals surface area contributed by atoms with Gasteiger partial charge in [-0.1, -0.05) is 146 Å². The van der Waals surface area contributed by atoms with Crippen LogP contribution in [0.25, 0.3) is 21.5 Å². The maximum Gasteiger partial charge on any atom is 0.256 e. The molecule has 7 rings (SSSR count). The Bertz CT molecular complexity index is 1930. The molecule has 0 aromatic heterocycles. The normalized spacial score (nSPS) is 24.6. The molecule has 3 aromatic carbocycles. The quantitative estimate of drug-likeness (QED) is 0.309. The van der Waals surface area contributed by atoms with Crippen molar-refractivity contribution in [1.82, 2.24) is 5.32 Å². The minimum absolute atomic E-state index is 0.0518. The van der Waals surface area contributed by atoms with Crippen LogP contribution < -0.4 is 5.32 Å². The molecule has 1 N–H and O–H groups in total. The molecule has 43 heavy (non-hydrogen) atoms. The van der Waals surface area contributed by atoms with Crippen LogP contribution in [0, 0.1) is 21.7 Å². The van der Waals surface area contributed by atoms with Crippen LogP contribution in [-0.2, 0) is 0 Å². The molecular weight excluding hydrogens is 522 g/mol. The Morgan fingerprint density at radius 3 is 1.84 bits per heavy atom. The van der Waals surface area contributed by atoms with E-state index in [4.69, 9.17) is 0 Å². The highest BCUT2D eigenvalue weighted by Gasteiger charge is 2.58. The summed E-state index contributed by atoms with van der Waals surface area (Å²) in [5, 5.41) is 7.63. The number of nitrogens with one attached hydrogen (secondary N) is 1. The molecular formula is C41H41NO. The molecule has 2 nitrogen and oxygen atoms in total. The predicted molar refractivity (Wildman–Crippen MR) is 181 cm³/mol. The van der Waals surface area contributed by atoms with Crippen molar-refractivity contribution in [2.24, 2.45) is 21.7 Å². The topological polar surface area (TPSA) is 29.1 Å². The van der Waals surface area contributed by atoms with Gasteiger partial charge in [-0.25, -0.2) is 0 Å². The summed E-state index contributed by atoms with van der Waals surface area (Å²) >= 11 is 0. The second-order valence-corrected chi connectivity index (χ2v) is 15.0. The van der Waals surface area contributed by atoms with E-state index in [-0.39, 0.29) is 27.6 Å². The van der Waals surface area contributed by atoms with Gasteiger partial charge in [-0.3, -0.25) is 4.79 Å². The highest BCUT2D eigenvalue weighted by atomic mass is 16.1. The number of amides is 1. The Morgan fingerprint density at radius 2 is 1.26 bits per heavy atom. The molecule has 2 heteroatoms. The lowest BCUT2D eigenvalue weighted by Gasteiger charge is -2.58. The lowest BCUT2D eigenvalue weighted by Crippen LogP contribution is -2.50. The second-order valence-electron chi connectivity index (χ2n) is 15.0. The van der Waals surface area contributed by atoms with E-state index in [9.17, 15) is 4.79 Å². The number of hydrogen-bond donors (Lipinski definition) is 1. The number of fused-ring (bicyclic) bond motifs is 2. The van der Waals surface area contributed by atoms with Gasteiger partial charge in [0.25, 0.3) is 5.91 Å². The van der Waals surface area contributed by atoms with Crippen LogP contribution >= 0.6 is 0 Å². The van der Waals surface area contributed by atoms with Crippen molar-refractivity contribution in [2.45, 2.75) is 55.4 Å². The Hall–Kier alpha value is -4.17. The summed E-state index contributed by atoms with van der Waals surface area (Å²) in [6, 6.07) is 18.6. The number of carbonyl (C=O) groups is 1. The highest BCUT2D eigenvalue weighted by Crippen LogP contribution is 2.67. The lowest BCUT2D eigenvalue weighted by atomic mass is 9.45. The number of hydrogen-bond acceptors (Lipinski definition) is 1. The fourth-order valence-corrected chi connectivity index (χ4v) is 7.73. The summed E-state index contributed by atoms with van der Waals surface area (Å²) in [5.41, 5.74) is 8.61. The first-order chi connectivity index (χ1) is 20.2. The third-order valence-corrected chi connectivity index (χ3v) is 10.5. The summed E-state index contributed by atoms with van der Waals surface area (Å²) in [6.45, 7) is 18.3. The summed E-state index contributed by atoms with van der Waals surface area (Å²) < 4.78 is 0. The molecule has 0 unspecified atom stereocenters. The molecule has 0 bridgehead atoms. The molecule has 0 aliphatic heterocycles. The molecule has 0 saturated heterocycles. The summed E-state index contributed by atoms with van der Waals surface area (Å²) in [6.07, 6.45) is 16.4. The molecule has 3 aromatic rings. The van der Waals surface area contributed by atoms with Crippen molar-refractivity contribution in [3.8, 4) is 0 Å². The van der Waals surface area contributed by atoms with Gasteiger partial charge in [0.1, 0.15) is 0 Å². The first kappa shape index (κ1) is 27.7. The van der Waals surface area contributed by atoms with Gasteiger partial charge in [0.15, 0.2) is 0 Å². The lowest BCUT2D eigenvalue weighted by molar-refractivity contribution is 0.0966. The number of benzene rings is 3. The maximum atomic E-state index is 14.6. The van der Waals surface area contributed by atoms with Crippen LogP contribution in [0.15, 0.2) is 136 Å². The Morgan fingerprint density at radius 1 is 0.674 bits per heavy atom. The van der Waals surface area contributed by atoms with E-state index in [1.54, 1.807) is 0 Å². The van der Waals surface area contributed by atoms with Gasteiger partial charge >= 0.3 is 0 Å². The largest absolute Gasteiger partial charge is 0.321 e. The van der Waals surface area contributed by atoms with Crippen molar-refractivity contribution in [1.29, 1.82) is 0 Å². The predicted octanol–water partition coefficient (Wildman–Crippen LogP) is 10.3. The number of rotatable bonds is 2. The van der Waals surface area contributed by atoms with E-state index in [2.05, 4.69) is 134 Å². The Kier molecular flexibility index (Phi) is 5.74. The third-order valence-electron chi connectivity index (χ3n) is 10.5. The molecule has 2 atom stereocenters.